The van der Waals surface area contributed by atoms with Crippen molar-refractivity contribution >= 4 is 17.0 Å². The second-order valence-corrected chi connectivity index (χ2v) is 3.56. The summed E-state index contributed by atoms with van der Waals surface area (Å²) < 4.78 is 10.4. The molecule has 86 valence electrons. The Kier molecular flexibility index (Phi) is 2.51. The molecule has 0 unspecified atom stereocenters. The van der Waals surface area contributed by atoms with Gasteiger partial charge in [0.05, 0.1) is 13.2 Å². The van der Waals surface area contributed by atoms with Gasteiger partial charge in [0.2, 0.25) is 5.52 Å². The smallest absolute Gasteiger partial charge is 0.397 e. The molecule has 0 bridgehead atoms. The lowest BCUT2D eigenvalue weighted by Crippen LogP contribution is -2.11. The molecule has 0 aromatic carbocycles. The summed E-state index contributed by atoms with van der Waals surface area (Å²) in [5.41, 5.74) is 6.92. The van der Waals surface area contributed by atoms with Crippen LogP contribution in [0.1, 0.15) is 13.8 Å². The van der Waals surface area contributed by atoms with Gasteiger partial charge >= 0.3 is 17.7 Å². The first-order valence-electron chi connectivity index (χ1n) is 4.89. The quantitative estimate of drug-likeness (QED) is 0.772. The Morgan fingerprint density at radius 2 is 2.12 bits per heavy atom. The lowest BCUT2D eigenvalue weighted by atomic mass is 10.5. The van der Waals surface area contributed by atoms with Gasteiger partial charge in [-0.2, -0.15) is 4.98 Å². The molecular formula is C9H14N5O2+. The summed E-state index contributed by atoms with van der Waals surface area (Å²) in [5, 5.41) is 0. The van der Waals surface area contributed by atoms with E-state index < -0.39 is 0 Å². The molecule has 0 fully saturated rings. The highest BCUT2D eigenvalue weighted by molar-refractivity contribution is 5.79. The van der Waals surface area contributed by atoms with E-state index in [1.807, 2.05) is 13.8 Å². The minimum absolute atomic E-state index is 0.00214. The van der Waals surface area contributed by atoms with Crippen LogP contribution >= 0.6 is 0 Å². The van der Waals surface area contributed by atoms with Crippen LogP contribution < -0.4 is 20.2 Å². The Morgan fingerprint density at radius 3 is 2.75 bits per heavy atom. The molecule has 2 aromatic heterocycles. The van der Waals surface area contributed by atoms with Crippen molar-refractivity contribution < 1.29 is 14.5 Å². The maximum atomic E-state index is 5.76. The van der Waals surface area contributed by atoms with E-state index in [0.29, 0.717) is 23.0 Å². The largest absolute Gasteiger partial charge is 0.448 e. The van der Waals surface area contributed by atoms with Crippen LogP contribution in [-0.2, 0) is 0 Å². The number of ether oxygens (including phenoxy) is 2. The monoisotopic (exact) mass is 224 g/mol. The number of rotatable bonds is 3. The number of nitrogens with zero attached hydrogens (tertiary/aromatic N) is 2. The van der Waals surface area contributed by atoms with Crippen molar-refractivity contribution in [2.45, 2.75) is 20.0 Å². The Morgan fingerprint density at radius 1 is 1.38 bits per heavy atom. The highest BCUT2D eigenvalue weighted by Gasteiger charge is 2.18. The third kappa shape index (κ3) is 1.83. The summed E-state index contributed by atoms with van der Waals surface area (Å²) in [5.74, 6) is 0.320. The first-order valence-corrected chi connectivity index (χ1v) is 4.89. The van der Waals surface area contributed by atoms with Gasteiger partial charge in [-0.25, -0.2) is 9.97 Å². The number of nitrogens with two attached hydrogens (primary N) is 1. The van der Waals surface area contributed by atoms with E-state index in [4.69, 9.17) is 15.2 Å². The molecular weight excluding hydrogens is 210 g/mol. The fourth-order valence-corrected chi connectivity index (χ4v) is 1.29. The molecule has 16 heavy (non-hydrogen) atoms. The SMILES string of the molecule is COc1[nH]c2c(N)nc(OC(C)C)nc2[nH+]1. The Bertz CT molecular complexity index is 508. The number of imidazole rings is 1. The second-order valence-electron chi connectivity index (χ2n) is 3.56. The van der Waals surface area contributed by atoms with Gasteiger partial charge in [0.1, 0.15) is 0 Å². The zero-order chi connectivity index (χ0) is 11.7. The number of fused-ring (bicyclic) bond motifs is 1. The topological polar surface area (TPSA) is 100 Å². The number of anilines is 1. The molecule has 2 aromatic rings. The summed E-state index contributed by atoms with van der Waals surface area (Å²) in [7, 11) is 1.54. The molecule has 0 aliphatic rings. The highest BCUT2D eigenvalue weighted by atomic mass is 16.5. The zero-order valence-electron chi connectivity index (χ0n) is 9.37. The molecule has 0 saturated carbocycles. The standard InChI is InChI=1S/C9H13N5O2/c1-4(2)16-9-12-6(10)5-7(14-9)13-8(11-5)15-3/h4H,1-3H3,(H3,10,11,12,13,14)/p+1. The number of nitrogen functional groups attached to an aromatic ring is 1. The van der Waals surface area contributed by atoms with Gasteiger partial charge in [0.25, 0.3) is 0 Å². The summed E-state index contributed by atoms with van der Waals surface area (Å²) in [6, 6.07) is 0.718. The van der Waals surface area contributed by atoms with Crippen molar-refractivity contribution in [2.75, 3.05) is 12.8 Å². The maximum absolute atomic E-state index is 5.76. The fourth-order valence-electron chi connectivity index (χ4n) is 1.29. The van der Waals surface area contributed by atoms with Gasteiger partial charge in [-0.15, -0.1) is 0 Å². The normalized spacial score (nSPS) is 11.0. The van der Waals surface area contributed by atoms with Crippen LogP contribution in [-0.4, -0.2) is 28.2 Å². The van der Waals surface area contributed by atoms with Crippen molar-refractivity contribution in [2.24, 2.45) is 0 Å². The molecule has 7 nitrogen and oxygen atoms in total. The minimum Gasteiger partial charge on any atom is -0.448 e. The van der Waals surface area contributed by atoms with Crippen molar-refractivity contribution in [3.63, 3.8) is 0 Å². The van der Waals surface area contributed by atoms with Crippen LogP contribution in [0.2, 0.25) is 0 Å². The van der Waals surface area contributed by atoms with E-state index >= 15 is 0 Å². The lowest BCUT2D eigenvalue weighted by Gasteiger charge is -2.03. The first-order chi connectivity index (χ1) is 7.60. The van der Waals surface area contributed by atoms with Gasteiger partial charge in [-0.1, -0.05) is 0 Å². The number of aromatic nitrogens is 4. The predicted molar refractivity (Wildman–Crippen MR) is 57.2 cm³/mol. The maximum Gasteiger partial charge on any atom is 0.397 e. The molecule has 2 rings (SSSR count). The predicted octanol–water partition coefficient (Wildman–Crippen LogP) is 0.150. The molecule has 0 radical (unpaired) electrons. The van der Waals surface area contributed by atoms with E-state index in [0.717, 1.165) is 0 Å². The number of nitrogens with one attached hydrogen (secondary N) is 2. The van der Waals surface area contributed by atoms with E-state index in [1.54, 1.807) is 0 Å². The lowest BCUT2D eigenvalue weighted by molar-refractivity contribution is -0.364. The summed E-state index contributed by atoms with van der Waals surface area (Å²) in [6.07, 6.45) is -0.00214. The number of aromatic amines is 2. The molecule has 0 aliphatic carbocycles. The summed E-state index contributed by atoms with van der Waals surface area (Å²) >= 11 is 0. The summed E-state index contributed by atoms with van der Waals surface area (Å²) in [4.78, 5) is 14.0. The fraction of sp³-hybridized carbons (Fsp3) is 0.444. The zero-order valence-corrected chi connectivity index (χ0v) is 9.37. The van der Waals surface area contributed by atoms with Crippen molar-refractivity contribution in [1.82, 2.24) is 15.0 Å². The first kappa shape index (κ1) is 10.5. The van der Waals surface area contributed by atoms with Gasteiger partial charge in [0.15, 0.2) is 5.82 Å². The second kappa shape index (κ2) is 3.84. The van der Waals surface area contributed by atoms with Crippen LogP contribution in [0.5, 0.6) is 12.0 Å². The minimum atomic E-state index is -0.00214. The van der Waals surface area contributed by atoms with Crippen molar-refractivity contribution in [1.29, 1.82) is 0 Å². The number of methoxy groups -OCH3 is 1. The van der Waals surface area contributed by atoms with Crippen molar-refractivity contribution in [3.8, 4) is 12.0 Å². The molecule has 0 amide bonds. The van der Waals surface area contributed by atoms with Crippen LogP contribution in [0.4, 0.5) is 5.82 Å². The van der Waals surface area contributed by atoms with Gasteiger partial charge in [0, 0.05) is 0 Å². The highest BCUT2D eigenvalue weighted by Crippen LogP contribution is 2.18. The van der Waals surface area contributed by atoms with Gasteiger partial charge in [-0.3, -0.25) is 0 Å². The molecule has 0 spiro atoms. The van der Waals surface area contributed by atoms with Gasteiger partial charge < -0.3 is 15.2 Å². The molecule has 2 heterocycles. The Hall–Kier alpha value is -2.05. The third-order valence-corrected chi connectivity index (χ3v) is 1.93. The molecule has 0 atom stereocenters. The van der Waals surface area contributed by atoms with E-state index in [9.17, 15) is 0 Å². The number of H-pyrrole nitrogens is 2. The number of hydrogen-bond acceptors (Lipinski definition) is 5. The molecule has 0 saturated heterocycles. The average Bonchev–Trinajstić information content (AvgIpc) is 2.60. The number of hydrogen-bond donors (Lipinski definition) is 2. The van der Waals surface area contributed by atoms with Crippen LogP contribution in [0.3, 0.4) is 0 Å². The van der Waals surface area contributed by atoms with E-state index in [2.05, 4.69) is 19.9 Å². The van der Waals surface area contributed by atoms with E-state index in [1.165, 1.54) is 7.11 Å². The van der Waals surface area contributed by atoms with Crippen LogP contribution in [0, 0.1) is 0 Å². The van der Waals surface area contributed by atoms with Crippen molar-refractivity contribution in [3.05, 3.63) is 0 Å². The molecule has 4 N–H and O–H groups in total. The average molecular weight is 224 g/mol. The van der Waals surface area contributed by atoms with Crippen LogP contribution in [0.25, 0.3) is 11.2 Å². The Labute approximate surface area is 92.0 Å². The van der Waals surface area contributed by atoms with Gasteiger partial charge in [-0.05, 0) is 18.8 Å². The van der Waals surface area contributed by atoms with Crippen LogP contribution in [0.15, 0.2) is 0 Å². The Balaban J connectivity index is 2.48. The molecule has 0 aliphatic heterocycles. The van der Waals surface area contributed by atoms with E-state index in [-0.39, 0.29) is 12.1 Å². The summed E-state index contributed by atoms with van der Waals surface area (Å²) in [6.45, 7) is 3.79. The molecule has 7 heteroatoms. The third-order valence-electron chi connectivity index (χ3n) is 1.93.